The first kappa shape index (κ1) is 80.1. The van der Waals surface area contributed by atoms with Crippen molar-refractivity contribution in [2.45, 2.75) is 424 Å². The predicted molar refractivity (Wildman–Crippen MR) is 361 cm³/mol. The van der Waals surface area contributed by atoms with Gasteiger partial charge in [0.1, 0.15) is 0 Å². The normalized spacial score (nSPS) is 12.7. The van der Waals surface area contributed by atoms with Crippen molar-refractivity contribution < 1.29 is 24.5 Å². The average Bonchev–Trinajstić information content (AvgIpc) is 3.48. The molecule has 484 valence electrons. The van der Waals surface area contributed by atoms with E-state index in [0.29, 0.717) is 19.4 Å². The van der Waals surface area contributed by atoms with Gasteiger partial charge in [0.15, 0.2) is 0 Å². The van der Waals surface area contributed by atoms with E-state index in [2.05, 4.69) is 43.5 Å². The molecule has 1 amide bonds. The maximum Gasteiger partial charge on any atom is 0.305 e. The van der Waals surface area contributed by atoms with Crippen LogP contribution < -0.4 is 5.32 Å². The third kappa shape index (κ3) is 67.2. The van der Waals surface area contributed by atoms with Crippen molar-refractivity contribution in [2.75, 3.05) is 13.2 Å². The summed E-state index contributed by atoms with van der Waals surface area (Å²) in [4.78, 5) is 24.6. The number of esters is 1. The molecule has 0 saturated carbocycles. The third-order valence-electron chi connectivity index (χ3n) is 17.4. The molecule has 0 aliphatic rings. The molecule has 0 saturated heterocycles. The van der Waals surface area contributed by atoms with E-state index >= 15 is 0 Å². The average molecular weight is 1150 g/mol. The molecule has 0 bridgehead atoms. The summed E-state index contributed by atoms with van der Waals surface area (Å²) >= 11 is 0. The third-order valence-corrected chi connectivity index (χ3v) is 17.4. The van der Waals surface area contributed by atoms with E-state index in [0.717, 1.165) is 44.9 Å². The standard InChI is InChI=1S/C76H145NO5/c1-3-5-7-9-11-13-15-17-19-37-42-46-50-54-58-62-66-70-76(81)82-71-67-63-59-55-51-47-43-39-36-34-32-30-28-26-24-22-21-23-25-27-29-31-33-35-38-41-45-49-53-57-61-65-69-75(80)77-73(72-78)74(79)68-64-60-56-52-48-44-40-20-18-16-14-12-10-8-6-4-2/h17,19,24,26,64,68,73-74,78-79H,3-16,18,20-23,25,27-63,65-67,69-72H2,1-2H3,(H,77,80)/b19-17-,26-24-,68-64+. The Bertz CT molecular complexity index is 1330. The largest absolute Gasteiger partial charge is 0.466 e. The van der Waals surface area contributed by atoms with Gasteiger partial charge in [-0.1, -0.05) is 352 Å². The second-order valence-corrected chi connectivity index (χ2v) is 25.6. The van der Waals surface area contributed by atoms with Crippen LogP contribution in [0, 0.1) is 0 Å². The number of carbonyl (C=O) groups is 2. The van der Waals surface area contributed by atoms with E-state index in [9.17, 15) is 19.8 Å². The maximum absolute atomic E-state index is 12.5. The molecule has 0 aromatic heterocycles. The van der Waals surface area contributed by atoms with Gasteiger partial charge in [-0.2, -0.15) is 0 Å². The van der Waals surface area contributed by atoms with Crippen LogP contribution in [0.3, 0.4) is 0 Å². The molecular weight excluding hydrogens is 1010 g/mol. The molecule has 0 aromatic carbocycles. The molecule has 3 N–H and O–H groups in total. The van der Waals surface area contributed by atoms with Gasteiger partial charge in [-0.25, -0.2) is 0 Å². The van der Waals surface area contributed by atoms with Crippen LogP contribution >= 0.6 is 0 Å². The number of unbranched alkanes of at least 4 members (excludes halogenated alkanes) is 55. The molecule has 0 spiro atoms. The van der Waals surface area contributed by atoms with Crippen molar-refractivity contribution in [1.82, 2.24) is 5.32 Å². The van der Waals surface area contributed by atoms with Gasteiger partial charge in [-0.3, -0.25) is 9.59 Å². The van der Waals surface area contributed by atoms with Gasteiger partial charge < -0.3 is 20.3 Å². The fraction of sp³-hybridized carbons (Fsp3) is 0.895. The lowest BCUT2D eigenvalue weighted by Gasteiger charge is -2.20. The minimum Gasteiger partial charge on any atom is -0.466 e. The van der Waals surface area contributed by atoms with E-state index in [-0.39, 0.29) is 18.5 Å². The van der Waals surface area contributed by atoms with Gasteiger partial charge in [-0.05, 0) is 83.5 Å². The van der Waals surface area contributed by atoms with E-state index in [1.54, 1.807) is 6.08 Å². The van der Waals surface area contributed by atoms with Gasteiger partial charge >= 0.3 is 5.97 Å². The predicted octanol–water partition coefficient (Wildman–Crippen LogP) is 24.3. The SMILES string of the molecule is CCCCCCCC/C=C\CCCCCCCCCC(=O)OCCCCCCCCCCCCCC/C=C\CCCCCCCCCCCCCCCCCCC(=O)NC(CO)C(O)/C=C/CCCCCCCCCCCCCCCC. The summed E-state index contributed by atoms with van der Waals surface area (Å²) in [6.07, 6.45) is 92.4. The highest BCUT2D eigenvalue weighted by Gasteiger charge is 2.18. The molecule has 6 nitrogen and oxygen atoms in total. The zero-order valence-electron chi connectivity index (χ0n) is 55.5. The summed E-state index contributed by atoms with van der Waals surface area (Å²) < 4.78 is 5.50. The van der Waals surface area contributed by atoms with Gasteiger partial charge in [0, 0.05) is 12.8 Å². The Morgan fingerprint density at radius 3 is 0.866 bits per heavy atom. The van der Waals surface area contributed by atoms with Gasteiger partial charge in [-0.15, -0.1) is 0 Å². The van der Waals surface area contributed by atoms with E-state index in [1.165, 1.54) is 340 Å². The molecule has 0 aromatic rings. The number of nitrogens with one attached hydrogen (secondary N) is 1. The van der Waals surface area contributed by atoms with Crippen molar-refractivity contribution in [3.63, 3.8) is 0 Å². The lowest BCUT2D eigenvalue weighted by molar-refractivity contribution is -0.143. The summed E-state index contributed by atoms with van der Waals surface area (Å²) in [7, 11) is 0. The first-order chi connectivity index (χ1) is 40.5. The fourth-order valence-electron chi connectivity index (χ4n) is 11.7. The molecule has 2 atom stereocenters. The van der Waals surface area contributed by atoms with E-state index in [4.69, 9.17) is 4.74 Å². The Hall–Kier alpha value is -1.92. The fourth-order valence-corrected chi connectivity index (χ4v) is 11.7. The number of rotatable bonds is 70. The Morgan fingerprint density at radius 2 is 0.573 bits per heavy atom. The van der Waals surface area contributed by atoms with Gasteiger partial charge in [0.2, 0.25) is 5.91 Å². The zero-order chi connectivity index (χ0) is 59.2. The van der Waals surface area contributed by atoms with Crippen LogP contribution in [0.2, 0.25) is 0 Å². The minimum absolute atomic E-state index is 0.0151. The van der Waals surface area contributed by atoms with Crippen molar-refractivity contribution in [1.29, 1.82) is 0 Å². The Labute approximate surface area is 513 Å². The summed E-state index contributed by atoms with van der Waals surface area (Å²) in [6, 6.07) is -0.626. The first-order valence-corrected chi connectivity index (χ1v) is 37.3. The van der Waals surface area contributed by atoms with Crippen LogP contribution in [-0.2, 0) is 14.3 Å². The van der Waals surface area contributed by atoms with Crippen LogP contribution in [-0.4, -0.2) is 47.4 Å². The number of aliphatic hydroxyl groups is 2. The molecule has 0 fully saturated rings. The molecule has 0 radical (unpaired) electrons. The molecule has 82 heavy (non-hydrogen) atoms. The van der Waals surface area contributed by atoms with E-state index < -0.39 is 12.1 Å². The smallest absolute Gasteiger partial charge is 0.305 e. The molecule has 0 rings (SSSR count). The van der Waals surface area contributed by atoms with Crippen molar-refractivity contribution in [3.05, 3.63) is 36.5 Å². The highest BCUT2D eigenvalue weighted by molar-refractivity contribution is 5.76. The molecule has 2 unspecified atom stereocenters. The number of ether oxygens (including phenoxy) is 1. The van der Waals surface area contributed by atoms with Crippen LogP contribution in [0.1, 0.15) is 412 Å². The Morgan fingerprint density at radius 1 is 0.329 bits per heavy atom. The number of allylic oxidation sites excluding steroid dienone is 5. The van der Waals surface area contributed by atoms with Crippen LogP contribution in [0.5, 0.6) is 0 Å². The number of aliphatic hydroxyl groups excluding tert-OH is 2. The number of amides is 1. The molecule has 6 heteroatoms. The number of carbonyl (C=O) groups excluding carboxylic acids is 2. The summed E-state index contributed by atoms with van der Waals surface area (Å²) in [5, 5.41) is 23.2. The van der Waals surface area contributed by atoms with Gasteiger partial charge in [0.25, 0.3) is 0 Å². The molecule has 0 aliphatic carbocycles. The maximum atomic E-state index is 12.5. The van der Waals surface area contributed by atoms with E-state index in [1.807, 2.05) is 6.08 Å². The monoisotopic (exact) mass is 1150 g/mol. The number of hydrogen-bond donors (Lipinski definition) is 3. The molecule has 0 heterocycles. The highest BCUT2D eigenvalue weighted by atomic mass is 16.5. The summed E-state index contributed by atoms with van der Waals surface area (Å²) in [5.74, 6) is -0.0475. The topological polar surface area (TPSA) is 95.9 Å². The Balaban J connectivity index is 3.36. The Kier molecular flexibility index (Phi) is 69.9. The minimum atomic E-state index is -0.843. The second kappa shape index (κ2) is 71.6. The van der Waals surface area contributed by atoms with Gasteiger partial charge in [0.05, 0.1) is 25.4 Å². The van der Waals surface area contributed by atoms with Crippen LogP contribution in [0.15, 0.2) is 36.5 Å². The highest BCUT2D eigenvalue weighted by Crippen LogP contribution is 2.19. The first-order valence-electron chi connectivity index (χ1n) is 37.3. The van der Waals surface area contributed by atoms with Crippen molar-refractivity contribution in [2.24, 2.45) is 0 Å². The van der Waals surface area contributed by atoms with Crippen LogP contribution in [0.4, 0.5) is 0 Å². The second-order valence-electron chi connectivity index (χ2n) is 25.6. The number of hydrogen-bond acceptors (Lipinski definition) is 5. The summed E-state index contributed by atoms with van der Waals surface area (Å²) in [5.41, 5.74) is 0. The quantitative estimate of drug-likeness (QED) is 0.0320. The lowest BCUT2D eigenvalue weighted by atomic mass is 10.0. The summed E-state index contributed by atoms with van der Waals surface area (Å²) in [6.45, 7) is 4.93. The molecular formula is C76H145NO5. The lowest BCUT2D eigenvalue weighted by Crippen LogP contribution is -2.45. The van der Waals surface area contributed by atoms with Crippen LogP contribution in [0.25, 0.3) is 0 Å². The van der Waals surface area contributed by atoms with Crippen molar-refractivity contribution in [3.8, 4) is 0 Å². The zero-order valence-corrected chi connectivity index (χ0v) is 55.5. The van der Waals surface area contributed by atoms with Crippen molar-refractivity contribution >= 4 is 11.9 Å². The molecule has 0 aliphatic heterocycles.